The fourth-order valence-corrected chi connectivity index (χ4v) is 6.92. The molecule has 0 aliphatic heterocycles. The molecule has 6 atom stereocenters. The highest BCUT2D eigenvalue weighted by molar-refractivity contribution is 6.61. The first-order valence-corrected chi connectivity index (χ1v) is 9.82. The summed E-state index contributed by atoms with van der Waals surface area (Å²) in [6, 6.07) is 0. The van der Waals surface area contributed by atoms with Gasteiger partial charge in [0.1, 0.15) is 6.10 Å². The number of halogens is 1. The highest BCUT2D eigenvalue weighted by Crippen LogP contribution is 2.65. The zero-order valence-electron chi connectivity index (χ0n) is 14.6. The van der Waals surface area contributed by atoms with E-state index in [9.17, 15) is 9.59 Å². The third-order valence-corrected chi connectivity index (χ3v) is 8.20. The lowest BCUT2D eigenvalue weighted by Crippen LogP contribution is -2.51. The van der Waals surface area contributed by atoms with Gasteiger partial charge in [-0.15, -0.1) is 0 Å². The van der Waals surface area contributed by atoms with Crippen LogP contribution in [0.2, 0.25) is 0 Å². The summed E-state index contributed by atoms with van der Waals surface area (Å²) >= 11 is 5.51. The molecule has 0 heterocycles. The van der Waals surface area contributed by atoms with Crippen molar-refractivity contribution in [1.82, 2.24) is 0 Å². The van der Waals surface area contributed by atoms with Crippen LogP contribution in [0.5, 0.6) is 0 Å². The minimum absolute atomic E-state index is 0.0221. The van der Waals surface area contributed by atoms with E-state index in [1.54, 1.807) is 0 Å². The van der Waals surface area contributed by atoms with Crippen LogP contribution in [0.4, 0.5) is 4.79 Å². The number of ether oxygens (including phenoxy) is 1. The van der Waals surface area contributed by atoms with Gasteiger partial charge in [-0.2, -0.15) is 0 Å². The van der Waals surface area contributed by atoms with E-state index in [1.807, 2.05) is 6.08 Å². The Morgan fingerprint density at radius 1 is 1.12 bits per heavy atom. The quantitative estimate of drug-likeness (QED) is 0.605. The highest BCUT2D eigenvalue weighted by atomic mass is 35.5. The van der Waals surface area contributed by atoms with Crippen LogP contribution < -0.4 is 0 Å². The Hall–Kier alpha value is -0.830. The van der Waals surface area contributed by atoms with Gasteiger partial charge in [-0.25, -0.2) is 4.79 Å². The van der Waals surface area contributed by atoms with Crippen molar-refractivity contribution >= 4 is 22.8 Å². The largest absolute Gasteiger partial charge is 0.450 e. The van der Waals surface area contributed by atoms with Crippen LogP contribution in [-0.2, 0) is 9.53 Å². The van der Waals surface area contributed by atoms with Gasteiger partial charge in [-0.3, -0.25) is 4.79 Å². The van der Waals surface area contributed by atoms with Gasteiger partial charge in [0.05, 0.1) is 0 Å². The fourth-order valence-electron chi connectivity index (χ4n) is 6.82. The van der Waals surface area contributed by atoms with E-state index in [-0.39, 0.29) is 16.9 Å². The SMILES string of the molecule is C[C@]12CC[C@H]3[C@@H](CCC4=CC(=O)CC[C@@]43C)[C@@H]1CC[C@@H]2OC(=O)Cl. The number of ketones is 1. The molecule has 132 valence electrons. The molecule has 3 nitrogen and oxygen atoms in total. The van der Waals surface area contributed by atoms with Crippen LogP contribution in [0.15, 0.2) is 11.6 Å². The molecular formula is C20H27ClO3. The number of carbonyl (C=O) groups excluding carboxylic acids is 2. The lowest BCUT2D eigenvalue weighted by Gasteiger charge is -2.57. The van der Waals surface area contributed by atoms with Crippen molar-refractivity contribution in [3.05, 3.63) is 11.6 Å². The Morgan fingerprint density at radius 3 is 2.67 bits per heavy atom. The first kappa shape index (κ1) is 16.6. The lowest BCUT2D eigenvalue weighted by molar-refractivity contribution is -0.117. The van der Waals surface area contributed by atoms with Gasteiger partial charge in [-0.1, -0.05) is 19.4 Å². The molecule has 0 aromatic heterocycles. The Labute approximate surface area is 149 Å². The summed E-state index contributed by atoms with van der Waals surface area (Å²) in [6.45, 7) is 4.71. The van der Waals surface area contributed by atoms with Crippen LogP contribution >= 0.6 is 11.6 Å². The van der Waals surface area contributed by atoms with Crippen molar-refractivity contribution in [2.24, 2.45) is 28.6 Å². The molecule has 0 bridgehead atoms. The third kappa shape index (κ3) is 2.30. The van der Waals surface area contributed by atoms with Crippen LogP contribution in [0.1, 0.15) is 65.2 Å². The smallest absolute Gasteiger partial charge is 0.404 e. The van der Waals surface area contributed by atoms with Crippen LogP contribution in [0.3, 0.4) is 0 Å². The van der Waals surface area contributed by atoms with E-state index >= 15 is 0 Å². The molecule has 3 fully saturated rings. The zero-order chi connectivity index (χ0) is 17.1. The molecule has 0 radical (unpaired) electrons. The summed E-state index contributed by atoms with van der Waals surface area (Å²) in [6.07, 6.45) is 10.3. The Morgan fingerprint density at radius 2 is 1.92 bits per heavy atom. The van der Waals surface area contributed by atoms with Crippen LogP contribution in [0.25, 0.3) is 0 Å². The van der Waals surface area contributed by atoms with E-state index in [1.165, 1.54) is 18.4 Å². The van der Waals surface area contributed by atoms with Gasteiger partial charge in [0.2, 0.25) is 0 Å². The molecule has 24 heavy (non-hydrogen) atoms. The summed E-state index contributed by atoms with van der Waals surface area (Å²) in [7, 11) is 0. The van der Waals surface area contributed by atoms with Crippen LogP contribution in [0, 0.1) is 28.6 Å². The number of rotatable bonds is 1. The number of carbonyl (C=O) groups is 2. The summed E-state index contributed by atoms with van der Waals surface area (Å²) in [5.74, 6) is 2.30. The van der Waals surface area contributed by atoms with Crippen molar-refractivity contribution in [2.45, 2.75) is 71.3 Å². The molecule has 0 aromatic rings. The highest BCUT2D eigenvalue weighted by Gasteiger charge is 2.59. The summed E-state index contributed by atoms with van der Waals surface area (Å²) in [5.41, 5.74) is 1.04. The predicted octanol–water partition coefficient (Wildman–Crippen LogP) is 5.26. The average molecular weight is 351 g/mol. The van der Waals surface area contributed by atoms with E-state index in [0.29, 0.717) is 30.0 Å². The van der Waals surface area contributed by atoms with Gasteiger partial charge < -0.3 is 4.74 Å². The van der Waals surface area contributed by atoms with Gasteiger partial charge in [0.25, 0.3) is 0 Å². The number of hydrogen-bond acceptors (Lipinski definition) is 3. The van der Waals surface area contributed by atoms with Gasteiger partial charge in [-0.05, 0) is 74.2 Å². The van der Waals surface area contributed by atoms with Gasteiger partial charge in [0.15, 0.2) is 5.78 Å². The van der Waals surface area contributed by atoms with Crippen molar-refractivity contribution < 1.29 is 14.3 Å². The monoisotopic (exact) mass is 350 g/mol. The number of allylic oxidation sites excluding steroid dienone is 1. The predicted molar refractivity (Wildman–Crippen MR) is 92.8 cm³/mol. The minimum Gasteiger partial charge on any atom is -0.450 e. The van der Waals surface area contributed by atoms with Crippen molar-refractivity contribution in [1.29, 1.82) is 0 Å². The molecule has 0 unspecified atom stereocenters. The van der Waals surface area contributed by atoms with E-state index in [4.69, 9.17) is 16.3 Å². The second kappa shape index (κ2) is 5.59. The van der Waals surface area contributed by atoms with Crippen molar-refractivity contribution in [3.8, 4) is 0 Å². The zero-order valence-corrected chi connectivity index (χ0v) is 15.4. The molecule has 3 saturated carbocycles. The number of hydrogen-bond donors (Lipinski definition) is 0. The fraction of sp³-hybridized carbons (Fsp3) is 0.800. The van der Waals surface area contributed by atoms with E-state index in [2.05, 4.69) is 13.8 Å². The van der Waals surface area contributed by atoms with Gasteiger partial charge >= 0.3 is 5.43 Å². The lowest BCUT2D eigenvalue weighted by atomic mass is 9.47. The molecule has 0 aromatic carbocycles. The Kier molecular flexibility index (Phi) is 3.87. The van der Waals surface area contributed by atoms with Gasteiger partial charge in [0, 0.05) is 23.4 Å². The standard InChI is InChI=1S/C20H27ClO3/c1-19-9-7-13(22)11-12(19)3-4-14-15-5-6-17(24-18(21)23)20(15,2)10-8-16(14)19/h11,14-17H,3-10H2,1-2H3/t14-,15-,16-,17-,19-,20-/m0/s1. The molecule has 4 aliphatic carbocycles. The van der Waals surface area contributed by atoms with Crippen molar-refractivity contribution in [3.63, 3.8) is 0 Å². The second-order valence-corrected chi connectivity index (χ2v) is 9.24. The molecule has 4 aliphatic rings. The molecule has 0 spiro atoms. The maximum Gasteiger partial charge on any atom is 0.404 e. The normalized spacial score (nSPS) is 47.3. The topological polar surface area (TPSA) is 43.4 Å². The molecule has 4 heteroatoms. The van der Waals surface area contributed by atoms with Crippen LogP contribution in [-0.4, -0.2) is 17.3 Å². The maximum atomic E-state index is 11.9. The summed E-state index contributed by atoms with van der Waals surface area (Å²) in [4.78, 5) is 23.1. The Bertz CT molecular complexity index is 612. The molecule has 4 rings (SSSR count). The first-order valence-electron chi connectivity index (χ1n) is 9.44. The maximum absolute atomic E-state index is 11.9. The van der Waals surface area contributed by atoms with E-state index in [0.717, 1.165) is 32.1 Å². The second-order valence-electron chi connectivity index (χ2n) is 8.93. The molecular weight excluding hydrogens is 324 g/mol. The Balaban J connectivity index is 1.62. The molecule has 0 amide bonds. The minimum atomic E-state index is -0.657. The summed E-state index contributed by atoms with van der Waals surface area (Å²) in [5, 5.41) is 0. The van der Waals surface area contributed by atoms with E-state index < -0.39 is 5.43 Å². The third-order valence-electron chi connectivity index (χ3n) is 8.11. The van der Waals surface area contributed by atoms with Crippen molar-refractivity contribution in [2.75, 3.05) is 0 Å². The average Bonchev–Trinajstić information content (AvgIpc) is 2.84. The summed E-state index contributed by atoms with van der Waals surface area (Å²) < 4.78 is 5.48. The number of fused-ring (bicyclic) bond motifs is 5. The first-order chi connectivity index (χ1) is 11.3. The molecule has 0 saturated heterocycles. The molecule has 0 N–H and O–H groups in total.